The van der Waals surface area contributed by atoms with Gasteiger partial charge in [-0.1, -0.05) is 27.7 Å². The molecule has 1 fully saturated rings. The summed E-state index contributed by atoms with van der Waals surface area (Å²) in [6.45, 7) is 11.1. The van der Waals surface area contributed by atoms with E-state index in [0.717, 1.165) is 19.6 Å². The first-order valence-corrected chi connectivity index (χ1v) is 5.38. The Morgan fingerprint density at radius 1 is 1.43 bits per heavy atom. The summed E-state index contributed by atoms with van der Waals surface area (Å²) >= 11 is 0. The van der Waals surface area contributed by atoms with Gasteiger partial charge in [0.1, 0.15) is 0 Å². The lowest BCUT2D eigenvalue weighted by atomic mass is 9.94. The quantitative estimate of drug-likeness (QED) is 0.695. The standard InChI is InChI=1S/C11H22N2O/c1-8-5-12-6-9(8)10(14)13-7-11(2,3)4/h8-9,12H,5-7H2,1-4H3,(H,13,14)/t8-,9-/m1/s1. The molecule has 1 heterocycles. The molecule has 1 saturated heterocycles. The molecule has 0 aliphatic carbocycles. The zero-order valence-corrected chi connectivity index (χ0v) is 9.68. The molecule has 2 atom stereocenters. The van der Waals surface area contributed by atoms with E-state index < -0.39 is 0 Å². The van der Waals surface area contributed by atoms with E-state index in [1.807, 2.05) is 0 Å². The first kappa shape index (κ1) is 11.5. The summed E-state index contributed by atoms with van der Waals surface area (Å²) in [6, 6.07) is 0. The molecular weight excluding hydrogens is 176 g/mol. The molecule has 3 heteroatoms. The van der Waals surface area contributed by atoms with Crippen molar-refractivity contribution in [2.24, 2.45) is 17.3 Å². The third-order valence-corrected chi connectivity index (χ3v) is 2.65. The van der Waals surface area contributed by atoms with E-state index in [0.29, 0.717) is 5.92 Å². The maximum absolute atomic E-state index is 11.8. The predicted octanol–water partition coefficient (Wildman–Crippen LogP) is 1.00. The molecule has 82 valence electrons. The average molecular weight is 198 g/mol. The summed E-state index contributed by atoms with van der Waals surface area (Å²) in [5, 5.41) is 6.26. The fraction of sp³-hybridized carbons (Fsp3) is 0.909. The molecule has 0 radical (unpaired) electrons. The molecule has 2 N–H and O–H groups in total. The molecule has 0 bridgehead atoms. The van der Waals surface area contributed by atoms with Crippen molar-refractivity contribution in [1.82, 2.24) is 10.6 Å². The van der Waals surface area contributed by atoms with Gasteiger partial charge in [0.25, 0.3) is 0 Å². The first-order chi connectivity index (χ1) is 6.40. The minimum atomic E-state index is 0.164. The molecule has 0 aromatic heterocycles. The zero-order chi connectivity index (χ0) is 10.8. The summed E-state index contributed by atoms with van der Waals surface area (Å²) < 4.78 is 0. The highest BCUT2D eigenvalue weighted by atomic mass is 16.1. The second-order valence-corrected chi connectivity index (χ2v) is 5.52. The number of amides is 1. The molecule has 0 saturated carbocycles. The number of nitrogens with one attached hydrogen (secondary N) is 2. The van der Waals surface area contributed by atoms with E-state index in [9.17, 15) is 4.79 Å². The highest BCUT2D eigenvalue weighted by molar-refractivity contribution is 5.79. The Morgan fingerprint density at radius 2 is 2.07 bits per heavy atom. The average Bonchev–Trinajstić information content (AvgIpc) is 2.46. The van der Waals surface area contributed by atoms with Gasteiger partial charge in [-0.05, 0) is 17.9 Å². The van der Waals surface area contributed by atoms with Crippen LogP contribution in [0.25, 0.3) is 0 Å². The summed E-state index contributed by atoms with van der Waals surface area (Å²) in [6.07, 6.45) is 0. The van der Waals surface area contributed by atoms with E-state index in [1.54, 1.807) is 0 Å². The summed E-state index contributed by atoms with van der Waals surface area (Å²) in [4.78, 5) is 11.8. The van der Waals surface area contributed by atoms with Crippen molar-refractivity contribution in [2.75, 3.05) is 19.6 Å². The second kappa shape index (κ2) is 4.30. The van der Waals surface area contributed by atoms with Crippen LogP contribution in [0.1, 0.15) is 27.7 Å². The normalized spacial score (nSPS) is 27.7. The molecule has 1 amide bonds. The van der Waals surface area contributed by atoms with Crippen LogP contribution < -0.4 is 10.6 Å². The zero-order valence-electron chi connectivity index (χ0n) is 9.68. The smallest absolute Gasteiger partial charge is 0.224 e. The van der Waals surface area contributed by atoms with Crippen LogP contribution >= 0.6 is 0 Å². The minimum Gasteiger partial charge on any atom is -0.355 e. The van der Waals surface area contributed by atoms with Gasteiger partial charge in [-0.2, -0.15) is 0 Å². The highest BCUT2D eigenvalue weighted by Crippen LogP contribution is 2.17. The Hall–Kier alpha value is -0.570. The van der Waals surface area contributed by atoms with Gasteiger partial charge in [0.2, 0.25) is 5.91 Å². The number of carbonyl (C=O) groups is 1. The lowest BCUT2D eigenvalue weighted by Gasteiger charge is -2.21. The molecule has 1 aliphatic rings. The molecule has 0 aromatic carbocycles. The molecule has 0 spiro atoms. The van der Waals surface area contributed by atoms with Crippen molar-refractivity contribution < 1.29 is 4.79 Å². The third-order valence-electron chi connectivity index (χ3n) is 2.65. The number of hydrogen-bond donors (Lipinski definition) is 2. The summed E-state index contributed by atoms with van der Waals surface area (Å²) in [7, 11) is 0. The largest absolute Gasteiger partial charge is 0.355 e. The molecule has 1 rings (SSSR count). The van der Waals surface area contributed by atoms with Crippen LogP contribution in [0, 0.1) is 17.3 Å². The number of rotatable bonds is 2. The Balaban J connectivity index is 2.35. The second-order valence-electron chi connectivity index (χ2n) is 5.52. The van der Waals surface area contributed by atoms with E-state index >= 15 is 0 Å². The topological polar surface area (TPSA) is 41.1 Å². The highest BCUT2D eigenvalue weighted by Gasteiger charge is 2.29. The van der Waals surface area contributed by atoms with Crippen molar-refractivity contribution in [1.29, 1.82) is 0 Å². The van der Waals surface area contributed by atoms with Crippen molar-refractivity contribution in [3.63, 3.8) is 0 Å². The van der Waals surface area contributed by atoms with E-state index in [4.69, 9.17) is 0 Å². The van der Waals surface area contributed by atoms with Crippen LogP contribution in [0.15, 0.2) is 0 Å². The molecular formula is C11H22N2O. The SMILES string of the molecule is C[C@@H]1CNC[C@H]1C(=O)NCC(C)(C)C. The molecule has 1 aliphatic heterocycles. The van der Waals surface area contributed by atoms with Crippen LogP contribution in [0.4, 0.5) is 0 Å². The molecule has 0 unspecified atom stereocenters. The summed E-state index contributed by atoms with van der Waals surface area (Å²) in [5.41, 5.74) is 0.172. The van der Waals surface area contributed by atoms with Crippen LogP contribution in [0.3, 0.4) is 0 Å². The number of carbonyl (C=O) groups excluding carboxylic acids is 1. The Morgan fingerprint density at radius 3 is 2.50 bits per heavy atom. The maximum atomic E-state index is 11.8. The van der Waals surface area contributed by atoms with Gasteiger partial charge in [-0.15, -0.1) is 0 Å². The van der Waals surface area contributed by atoms with E-state index in [2.05, 4.69) is 38.3 Å². The third kappa shape index (κ3) is 3.29. The lowest BCUT2D eigenvalue weighted by Crippen LogP contribution is -2.38. The lowest BCUT2D eigenvalue weighted by molar-refractivity contribution is -0.125. The van der Waals surface area contributed by atoms with Gasteiger partial charge in [0.05, 0.1) is 5.92 Å². The van der Waals surface area contributed by atoms with Gasteiger partial charge in [0, 0.05) is 13.1 Å². The minimum absolute atomic E-state index is 0.164. The number of hydrogen-bond acceptors (Lipinski definition) is 2. The van der Waals surface area contributed by atoms with Gasteiger partial charge in [0.15, 0.2) is 0 Å². The van der Waals surface area contributed by atoms with Crippen LogP contribution in [-0.2, 0) is 4.79 Å². The van der Waals surface area contributed by atoms with Gasteiger partial charge >= 0.3 is 0 Å². The molecule has 3 nitrogen and oxygen atoms in total. The van der Waals surface area contributed by atoms with Crippen molar-refractivity contribution >= 4 is 5.91 Å². The van der Waals surface area contributed by atoms with Crippen LogP contribution in [0.2, 0.25) is 0 Å². The van der Waals surface area contributed by atoms with Gasteiger partial charge < -0.3 is 10.6 Å². The van der Waals surface area contributed by atoms with E-state index in [-0.39, 0.29) is 17.2 Å². The van der Waals surface area contributed by atoms with Crippen LogP contribution in [0.5, 0.6) is 0 Å². The Kier molecular flexibility index (Phi) is 3.53. The van der Waals surface area contributed by atoms with Crippen molar-refractivity contribution in [2.45, 2.75) is 27.7 Å². The fourth-order valence-electron chi connectivity index (χ4n) is 1.64. The monoisotopic (exact) mass is 198 g/mol. The maximum Gasteiger partial charge on any atom is 0.224 e. The Labute approximate surface area is 86.6 Å². The summed E-state index contributed by atoms with van der Waals surface area (Å²) in [5.74, 6) is 0.838. The van der Waals surface area contributed by atoms with Crippen molar-refractivity contribution in [3.8, 4) is 0 Å². The van der Waals surface area contributed by atoms with Gasteiger partial charge in [-0.3, -0.25) is 4.79 Å². The van der Waals surface area contributed by atoms with Gasteiger partial charge in [-0.25, -0.2) is 0 Å². The molecule has 0 aromatic rings. The Bertz CT molecular complexity index is 208. The van der Waals surface area contributed by atoms with E-state index in [1.165, 1.54) is 0 Å². The van der Waals surface area contributed by atoms with Crippen LogP contribution in [-0.4, -0.2) is 25.5 Å². The first-order valence-electron chi connectivity index (χ1n) is 5.38. The van der Waals surface area contributed by atoms with Crippen molar-refractivity contribution in [3.05, 3.63) is 0 Å². The predicted molar refractivity (Wildman–Crippen MR) is 58.0 cm³/mol. The fourth-order valence-corrected chi connectivity index (χ4v) is 1.64. The molecule has 14 heavy (non-hydrogen) atoms.